The van der Waals surface area contributed by atoms with E-state index in [0.29, 0.717) is 19.1 Å². The molecular weight excluding hydrogens is 204 g/mol. The van der Waals surface area contributed by atoms with Crippen molar-refractivity contribution in [1.82, 2.24) is 24.8 Å². The average Bonchev–Trinajstić information content (AvgIpc) is 2.87. The van der Waals surface area contributed by atoms with Crippen molar-refractivity contribution in [3.05, 3.63) is 29.8 Å². The third-order valence-corrected chi connectivity index (χ3v) is 2.31. The zero-order chi connectivity index (χ0) is 11.5. The van der Waals surface area contributed by atoms with Crippen molar-refractivity contribution < 1.29 is 0 Å². The molecule has 0 aliphatic rings. The summed E-state index contributed by atoms with van der Waals surface area (Å²) in [5.41, 5.74) is 7.23. The van der Waals surface area contributed by atoms with Crippen molar-refractivity contribution in [2.24, 2.45) is 5.73 Å². The average molecular weight is 220 g/mol. The molecule has 0 spiro atoms. The van der Waals surface area contributed by atoms with Gasteiger partial charge in [0.25, 0.3) is 0 Å². The number of rotatable bonds is 4. The van der Waals surface area contributed by atoms with Gasteiger partial charge in [-0.2, -0.15) is 5.10 Å². The van der Waals surface area contributed by atoms with Gasteiger partial charge in [-0.1, -0.05) is 5.21 Å². The summed E-state index contributed by atoms with van der Waals surface area (Å²) >= 11 is 0. The minimum absolute atomic E-state index is 0.379. The molecule has 0 unspecified atom stereocenters. The summed E-state index contributed by atoms with van der Waals surface area (Å²) in [7, 11) is 0. The molecule has 2 N–H and O–H groups in total. The van der Waals surface area contributed by atoms with Crippen LogP contribution in [0.1, 0.15) is 31.3 Å². The Balaban J connectivity index is 2.08. The molecule has 2 aromatic heterocycles. The molecule has 0 amide bonds. The van der Waals surface area contributed by atoms with Gasteiger partial charge in [0.1, 0.15) is 0 Å². The lowest BCUT2D eigenvalue weighted by Crippen LogP contribution is -2.05. The predicted molar refractivity (Wildman–Crippen MR) is 59.6 cm³/mol. The third kappa shape index (κ3) is 2.27. The molecule has 0 radical (unpaired) electrons. The summed E-state index contributed by atoms with van der Waals surface area (Å²) in [4.78, 5) is 0. The second kappa shape index (κ2) is 4.44. The fraction of sp³-hybridized carbons (Fsp3) is 0.500. The van der Waals surface area contributed by atoms with Crippen molar-refractivity contribution in [2.75, 3.05) is 0 Å². The smallest absolute Gasteiger partial charge is 0.0962 e. The van der Waals surface area contributed by atoms with Gasteiger partial charge in [-0.05, 0) is 19.9 Å². The van der Waals surface area contributed by atoms with Gasteiger partial charge in [-0.15, -0.1) is 5.10 Å². The topological polar surface area (TPSA) is 74.5 Å². The molecule has 0 bridgehead atoms. The largest absolute Gasteiger partial charge is 0.325 e. The summed E-state index contributed by atoms with van der Waals surface area (Å²) in [5, 5.41) is 12.3. The summed E-state index contributed by atoms with van der Waals surface area (Å²) in [6, 6.07) is 2.37. The Hall–Kier alpha value is -1.69. The van der Waals surface area contributed by atoms with Gasteiger partial charge in [0.2, 0.25) is 0 Å². The van der Waals surface area contributed by atoms with E-state index in [1.54, 1.807) is 4.68 Å². The van der Waals surface area contributed by atoms with Gasteiger partial charge in [-0.3, -0.25) is 4.68 Å². The Kier molecular flexibility index (Phi) is 3.00. The first-order chi connectivity index (χ1) is 7.69. The molecule has 0 aromatic carbocycles. The summed E-state index contributed by atoms with van der Waals surface area (Å²) in [6.45, 7) is 5.24. The molecule has 0 atom stereocenters. The normalized spacial score (nSPS) is 11.2. The summed E-state index contributed by atoms with van der Waals surface area (Å²) < 4.78 is 3.67. The maximum absolute atomic E-state index is 5.46. The van der Waals surface area contributed by atoms with E-state index in [4.69, 9.17) is 5.73 Å². The van der Waals surface area contributed by atoms with Gasteiger partial charge in [-0.25, -0.2) is 4.68 Å². The van der Waals surface area contributed by atoms with Crippen LogP contribution in [0.25, 0.3) is 0 Å². The molecule has 0 aliphatic heterocycles. The van der Waals surface area contributed by atoms with Crippen LogP contribution in [-0.4, -0.2) is 24.8 Å². The maximum Gasteiger partial charge on any atom is 0.0962 e. The lowest BCUT2D eigenvalue weighted by molar-refractivity contribution is 0.519. The van der Waals surface area contributed by atoms with Crippen LogP contribution in [0.4, 0.5) is 0 Å². The molecule has 0 aliphatic carbocycles. The first-order valence-electron chi connectivity index (χ1n) is 5.32. The van der Waals surface area contributed by atoms with Crippen LogP contribution in [0.3, 0.4) is 0 Å². The molecule has 0 saturated heterocycles. The number of hydrogen-bond acceptors (Lipinski definition) is 4. The second-order valence-corrected chi connectivity index (χ2v) is 3.99. The molecule has 86 valence electrons. The van der Waals surface area contributed by atoms with E-state index in [1.807, 2.05) is 23.1 Å². The lowest BCUT2D eigenvalue weighted by atomic mass is 10.4. The maximum atomic E-state index is 5.46. The molecule has 0 saturated carbocycles. The van der Waals surface area contributed by atoms with Crippen molar-refractivity contribution in [1.29, 1.82) is 0 Å². The van der Waals surface area contributed by atoms with Gasteiger partial charge < -0.3 is 5.73 Å². The van der Waals surface area contributed by atoms with E-state index in [2.05, 4.69) is 29.3 Å². The van der Waals surface area contributed by atoms with E-state index in [-0.39, 0.29) is 0 Å². The Morgan fingerprint density at radius 3 is 2.75 bits per heavy atom. The minimum atomic E-state index is 0.379. The van der Waals surface area contributed by atoms with Crippen molar-refractivity contribution >= 4 is 0 Å². The number of nitrogens with two attached hydrogens (primary N) is 1. The highest BCUT2D eigenvalue weighted by molar-refractivity contribution is 5.01. The van der Waals surface area contributed by atoms with Crippen LogP contribution in [0.5, 0.6) is 0 Å². The van der Waals surface area contributed by atoms with Crippen LogP contribution in [0.2, 0.25) is 0 Å². The van der Waals surface area contributed by atoms with Gasteiger partial charge in [0.15, 0.2) is 0 Å². The van der Waals surface area contributed by atoms with E-state index in [1.165, 1.54) is 0 Å². The molecule has 6 nitrogen and oxygen atoms in total. The van der Waals surface area contributed by atoms with Crippen molar-refractivity contribution in [3.63, 3.8) is 0 Å². The molecular formula is C10H16N6. The first-order valence-corrected chi connectivity index (χ1v) is 5.32. The number of aromatic nitrogens is 5. The zero-order valence-corrected chi connectivity index (χ0v) is 9.54. The zero-order valence-electron chi connectivity index (χ0n) is 9.54. The molecule has 16 heavy (non-hydrogen) atoms. The molecule has 2 heterocycles. The fourth-order valence-electron chi connectivity index (χ4n) is 1.42. The molecule has 2 rings (SSSR count). The number of nitrogens with zero attached hydrogens (tertiary/aromatic N) is 5. The van der Waals surface area contributed by atoms with Crippen LogP contribution in [0.15, 0.2) is 18.5 Å². The van der Waals surface area contributed by atoms with E-state index < -0.39 is 0 Å². The summed E-state index contributed by atoms with van der Waals surface area (Å²) in [6.07, 6.45) is 3.81. The first kappa shape index (κ1) is 10.8. The highest BCUT2D eigenvalue weighted by Gasteiger charge is 2.04. The Morgan fingerprint density at radius 1 is 1.38 bits per heavy atom. The third-order valence-electron chi connectivity index (χ3n) is 2.31. The number of hydrogen-bond donors (Lipinski definition) is 1. The van der Waals surface area contributed by atoms with Gasteiger partial charge in [0, 0.05) is 18.8 Å². The quantitative estimate of drug-likeness (QED) is 0.817. The molecule has 6 heteroatoms. The van der Waals surface area contributed by atoms with Crippen LogP contribution >= 0.6 is 0 Å². The monoisotopic (exact) mass is 220 g/mol. The summed E-state index contributed by atoms with van der Waals surface area (Å²) in [5.74, 6) is 0. The Labute approximate surface area is 94.1 Å². The Bertz CT molecular complexity index is 455. The van der Waals surface area contributed by atoms with Crippen molar-refractivity contribution in [2.45, 2.75) is 33.0 Å². The van der Waals surface area contributed by atoms with E-state index in [9.17, 15) is 0 Å². The Morgan fingerprint density at radius 2 is 2.19 bits per heavy atom. The standard InChI is InChI=1S/C10H16N6/c1-8(2)16-4-3-9(13-16)6-15-7-10(5-11)12-14-15/h3-4,7-8H,5-6,11H2,1-2H3. The predicted octanol–water partition coefficient (Wildman–Crippen LogP) is 0.562. The highest BCUT2D eigenvalue weighted by atomic mass is 15.4. The lowest BCUT2D eigenvalue weighted by Gasteiger charge is -2.03. The molecule has 2 aromatic rings. The molecule has 0 fully saturated rings. The van der Waals surface area contributed by atoms with Crippen LogP contribution in [-0.2, 0) is 13.1 Å². The minimum Gasteiger partial charge on any atom is -0.325 e. The fourth-order valence-corrected chi connectivity index (χ4v) is 1.42. The van der Waals surface area contributed by atoms with E-state index in [0.717, 1.165) is 11.4 Å². The van der Waals surface area contributed by atoms with E-state index >= 15 is 0 Å². The van der Waals surface area contributed by atoms with Crippen LogP contribution in [0, 0.1) is 0 Å². The highest BCUT2D eigenvalue weighted by Crippen LogP contribution is 2.05. The van der Waals surface area contributed by atoms with Crippen LogP contribution < -0.4 is 5.73 Å². The second-order valence-electron chi connectivity index (χ2n) is 3.99. The van der Waals surface area contributed by atoms with Crippen molar-refractivity contribution in [3.8, 4) is 0 Å². The van der Waals surface area contributed by atoms with Gasteiger partial charge in [0.05, 0.1) is 24.1 Å². The SMILES string of the molecule is CC(C)n1ccc(Cn2cc(CN)nn2)n1. The van der Waals surface area contributed by atoms with Gasteiger partial charge >= 0.3 is 0 Å².